The van der Waals surface area contributed by atoms with Crippen LogP contribution in [0.15, 0.2) is 24.3 Å². The number of carbonyl (C=O) groups is 1. The first-order valence-electron chi connectivity index (χ1n) is 9.70. The molecule has 25 heavy (non-hydrogen) atoms. The number of para-hydroxylation sites is 2. The third-order valence-corrected chi connectivity index (χ3v) is 5.45. The zero-order chi connectivity index (χ0) is 17.6. The van der Waals surface area contributed by atoms with Crippen molar-refractivity contribution >= 4 is 11.6 Å². The predicted molar refractivity (Wildman–Crippen MR) is 101 cm³/mol. The molecule has 2 aliphatic rings. The van der Waals surface area contributed by atoms with E-state index in [0.717, 1.165) is 50.5 Å². The number of hydrogen-bond acceptors (Lipinski definition) is 4. The summed E-state index contributed by atoms with van der Waals surface area (Å²) in [5, 5.41) is 3.23. The molecule has 5 heteroatoms. The van der Waals surface area contributed by atoms with Crippen molar-refractivity contribution in [2.75, 3.05) is 37.7 Å². The molecule has 1 aliphatic heterocycles. The van der Waals surface area contributed by atoms with Crippen LogP contribution in [-0.2, 0) is 4.79 Å². The molecule has 0 unspecified atom stereocenters. The molecular formula is C20H31N3O2. The number of nitrogens with one attached hydrogen (secondary N) is 1. The second kappa shape index (κ2) is 8.56. The van der Waals surface area contributed by atoms with Crippen LogP contribution >= 0.6 is 0 Å². The molecule has 0 radical (unpaired) electrons. The maximum atomic E-state index is 12.5. The first-order valence-corrected chi connectivity index (χ1v) is 9.70. The Morgan fingerprint density at radius 2 is 1.88 bits per heavy atom. The molecule has 3 rings (SSSR count). The van der Waals surface area contributed by atoms with Gasteiger partial charge < -0.3 is 15.0 Å². The number of rotatable bonds is 6. The summed E-state index contributed by atoms with van der Waals surface area (Å²) in [5.74, 6) is 1.14. The zero-order valence-electron chi connectivity index (χ0n) is 15.5. The van der Waals surface area contributed by atoms with Crippen LogP contribution in [0.4, 0.5) is 5.69 Å². The smallest absolute Gasteiger partial charge is 0.237 e. The highest BCUT2D eigenvalue weighted by molar-refractivity contribution is 5.81. The number of piperazine rings is 1. The molecule has 1 N–H and O–H groups in total. The Morgan fingerprint density at radius 3 is 2.56 bits per heavy atom. The van der Waals surface area contributed by atoms with Gasteiger partial charge in [0.15, 0.2) is 0 Å². The molecule has 1 aromatic rings. The summed E-state index contributed by atoms with van der Waals surface area (Å²) < 4.78 is 5.76. The van der Waals surface area contributed by atoms with Gasteiger partial charge in [0.2, 0.25) is 5.91 Å². The predicted octanol–water partition coefficient (Wildman–Crippen LogP) is 2.65. The summed E-state index contributed by atoms with van der Waals surface area (Å²) in [6, 6.07) is 8.57. The summed E-state index contributed by atoms with van der Waals surface area (Å²) in [6.45, 7) is 8.37. The maximum absolute atomic E-state index is 12.5. The highest BCUT2D eigenvalue weighted by Gasteiger charge is 2.28. The molecule has 0 spiro atoms. The van der Waals surface area contributed by atoms with Crippen LogP contribution in [0.25, 0.3) is 0 Å². The molecule has 1 saturated carbocycles. The average Bonchev–Trinajstić information content (AvgIpc) is 3.15. The normalized spacial score (nSPS) is 20.5. The number of benzene rings is 1. The Morgan fingerprint density at radius 1 is 1.20 bits per heavy atom. The van der Waals surface area contributed by atoms with Crippen LogP contribution in [0.5, 0.6) is 5.75 Å². The third-order valence-electron chi connectivity index (χ3n) is 5.45. The van der Waals surface area contributed by atoms with Crippen LogP contribution in [0.1, 0.15) is 39.5 Å². The number of anilines is 1. The van der Waals surface area contributed by atoms with Crippen LogP contribution < -0.4 is 15.0 Å². The lowest BCUT2D eigenvalue weighted by Crippen LogP contribution is -2.54. The zero-order valence-corrected chi connectivity index (χ0v) is 15.5. The molecule has 1 amide bonds. The molecule has 1 aromatic carbocycles. The monoisotopic (exact) mass is 345 g/mol. The lowest BCUT2D eigenvalue weighted by Gasteiger charge is -2.39. The summed E-state index contributed by atoms with van der Waals surface area (Å²) in [7, 11) is 0. The highest BCUT2D eigenvalue weighted by Crippen LogP contribution is 2.29. The second-order valence-corrected chi connectivity index (χ2v) is 7.09. The summed E-state index contributed by atoms with van der Waals surface area (Å²) in [6.07, 6.45) is 4.77. The van der Waals surface area contributed by atoms with Crippen molar-refractivity contribution < 1.29 is 9.53 Å². The fraction of sp³-hybridized carbons (Fsp3) is 0.650. The third kappa shape index (κ3) is 4.46. The molecule has 0 aromatic heterocycles. The minimum atomic E-state index is -0.0510. The molecule has 5 nitrogen and oxygen atoms in total. The number of amides is 1. The van der Waals surface area contributed by atoms with Crippen LogP contribution in [0.3, 0.4) is 0 Å². The molecule has 2 fully saturated rings. The fourth-order valence-corrected chi connectivity index (χ4v) is 3.90. The topological polar surface area (TPSA) is 44.8 Å². The van der Waals surface area contributed by atoms with Gasteiger partial charge >= 0.3 is 0 Å². The summed E-state index contributed by atoms with van der Waals surface area (Å²) in [5.41, 5.74) is 1.16. The summed E-state index contributed by atoms with van der Waals surface area (Å²) >= 11 is 0. The van der Waals surface area contributed by atoms with Crippen molar-refractivity contribution in [1.29, 1.82) is 0 Å². The highest BCUT2D eigenvalue weighted by atomic mass is 16.5. The number of ether oxygens (including phenoxy) is 1. The molecule has 1 heterocycles. The van der Waals surface area contributed by atoms with E-state index in [9.17, 15) is 4.79 Å². The van der Waals surface area contributed by atoms with E-state index in [1.54, 1.807) is 0 Å². The SMILES string of the molecule is CCOc1ccccc1N1CCN([C@H](C)C(=O)NC2CCCC2)CC1. The Kier molecular flexibility index (Phi) is 6.19. The molecule has 1 atom stereocenters. The average molecular weight is 345 g/mol. The summed E-state index contributed by atoms with van der Waals surface area (Å²) in [4.78, 5) is 17.2. The Bertz CT molecular complexity index is 564. The van der Waals surface area contributed by atoms with Crippen LogP contribution in [0, 0.1) is 0 Å². The maximum Gasteiger partial charge on any atom is 0.237 e. The van der Waals surface area contributed by atoms with Gasteiger partial charge in [0.05, 0.1) is 18.3 Å². The van der Waals surface area contributed by atoms with E-state index >= 15 is 0 Å². The molecule has 0 bridgehead atoms. The number of nitrogens with zero attached hydrogens (tertiary/aromatic N) is 2. The van der Waals surface area contributed by atoms with Crippen molar-refractivity contribution in [3.8, 4) is 5.75 Å². The first-order chi connectivity index (χ1) is 12.2. The van der Waals surface area contributed by atoms with Crippen molar-refractivity contribution in [3.05, 3.63) is 24.3 Å². The molecule has 1 saturated heterocycles. The fourth-order valence-electron chi connectivity index (χ4n) is 3.90. The minimum Gasteiger partial charge on any atom is -0.492 e. The van der Waals surface area contributed by atoms with E-state index < -0.39 is 0 Å². The van der Waals surface area contributed by atoms with Gasteiger partial charge in [-0.1, -0.05) is 25.0 Å². The minimum absolute atomic E-state index is 0.0510. The van der Waals surface area contributed by atoms with Gasteiger partial charge in [0.1, 0.15) is 5.75 Å². The molecule has 138 valence electrons. The molecule has 1 aliphatic carbocycles. The van der Waals surface area contributed by atoms with Gasteiger partial charge in [0.25, 0.3) is 0 Å². The van der Waals surface area contributed by atoms with Gasteiger partial charge in [0, 0.05) is 32.2 Å². The van der Waals surface area contributed by atoms with E-state index in [1.807, 2.05) is 26.0 Å². The van der Waals surface area contributed by atoms with Crippen molar-refractivity contribution in [2.45, 2.75) is 51.6 Å². The largest absolute Gasteiger partial charge is 0.492 e. The second-order valence-electron chi connectivity index (χ2n) is 7.09. The van der Waals surface area contributed by atoms with Crippen molar-refractivity contribution in [2.24, 2.45) is 0 Å². The van der Waals surface area contributed by atoms with Crippen molar-refractivity contribution in [1.82, 2.24) is 10.2 Å². The van der Waals surface area contributed by atoms with Gasteiger partial charge in [-0.05, 0) is 38.8 Å². The lowest BCUT2D eigenvalue weighted by atomic mass is 10.1. The lowest BCUT2D eigenvalue weighted by molar-refractivity contribution is -0.126. The number of carbonyl (C=O) groups excluding carboxylic acids is 1. The van der Waals surface area contributed by atoms with Crippen LogP contribution in [0.2, 0.25) is 0 Å². The van der Waals surface area contributed by atoms with Gasteiger partial charge in [-0.3, -0.25) is 9.69 Å². The van der Waals surface area contributed by atoms with E-state index in [-0.39, 0.29) is 11.9 Å². The van der Waals surface area contributed by atoms with Gasteiger partial charge in [-0.25, -0.2) is 0 Å². The van der Waals surface area contributed by atoms with E-state index in [0.29, 0.717) is 12.6 Å². The van der Waals surface area contributed by atoms with Crippen LogP contribution in [-0.4, -0.2) is 55.7 Å². The van der Waals surface area contributed by atoms with Crippen molar-refractivity contribution in [3.63, 3.8) is 0 Å². The Balaban J connectivity index is 1.53. The Hall–Kier alpha value is -1.75. The van der Waals surface area contributed by atoms with Gasteiger partial charge in [-0.2, -0.15) is 0 Å². The molecular weight excluding hydrogens is 314 g/mol. The number of hydrogen-bond donors (Lipinski definition) is 1. The van der Waals surface area contributed by atoms with Gasteiger partial charge in [-0.15, -0.1) is 0 Å². The Labute approximate surface area is 151 Å². The standard InChI is InChI=1S/C20H31N3O2/c1-3-25-19-11-7-6-10-18(19)23-14-12-22(13-15-23)16(2)20(24)21-17-8-4-5-9-17/h6-7,10-11,16-17H,3-5,8-9,12-15H2,1-2H3,(H,21,24)/t16-/m1/s1. The first kappa shape index (κ1) is 18.1. The van der Waals surface area contributed by atoms with E-state index in [1.165, 1.54) is 12.8 Å². The quantitative estimate of drug-likeness (QED) is 0.861. The van der Waals surface area contributed by atoms with E-state index in [4.69, 9.17) is 4.74 Å². The van der Waals surface area contributed by atoms with E-state index in [2.05, 4.69) is 27.2 Å².